The van der Waals surface area contributed by atoms with Gasteiger partial charge >= 0.3 is 0 Å². The van der Waals surface area contributed by atoms with Crippen LogP contribution in [-0.4, -0.2) is 115 Å². The maximum absolute atomic E-state index is 11.7. The van der Waals surface area contributed by atoms with Gasteiger partial charge in [-0.25, -0.2) is 0 Å². The maximum Gasteiger partial charge on any atom is 0.217 e. The summed E-state index contributed by atoms with van der Waals surface area (Å²) >= 11 is 0. The van der Waals surface area contributed by atoms with E-state index in [1.165, 1.54) is 28.1 Å². The van der Waals surface area contributed by atoms with Gasteiger partial charge in [-0.05, 0) is 6.42 Å². The molecule has 12 nitrogen and oxygen atoms in total. The number of rotatable bonds is 8. The Balaban J connectivity index is 2.30. The number of amides is 2. The van der Waals surface area contributed by atoms with Crippen molar-refractivity contribution in [2.24, 2.45) is 5.92 Å². The highest BCUT2D eigenvalue weighted by atomic mass is 16.7. The van der Waals surface area contributed by atoms with Gasteiger partial charge in [-0.2, -0.15) is 0 Å². The molecule has 180 valence electrons. The highest BCUT2D eigenvalue weighted by Crippen LogP contribution is 2.34. The van der Waals surface area contributed by atoms with Crippen molar-refractivity contribution in [2.75, 3.05) is 27.4 Å². The molecule has 2 aliphatic rings. The molecule has 0 aromatic rings. The number of hydrogen-bond donors (Lipinski definition) is 6. The van der Waals surface area contributed by atoms with E-state index in [0.717, 1.165) is 0 Å². The van der Waals surface area contributed by atoms with Crippen LogP contribution in [0.2, 0.25) is 0 Å². The van der Waals surface area contributed by atoms with Gasteiger partial charge in [0, 0.05) is 34.0 Å². The van der Waals surface area contributed by atoms with Crippen molar-refractivity contribution in [1.29, 1.82) is 0 Å². The van der Waals surface area contributed by atoms with Crippen LogP contribution in [0.3, 0.4) is 0 Å². The number of methoxy groups -OCH3 is 2. The molecule has 2 amide bonds. The minimum atomic E-state index is -1.20. The number of carbonyl (C=O) groups is 2. The van der Waals surface area contributed by atoms with Crippen molar-refractivity contribution in [1.82, 2.24) is 10.6 Å². The molecule has 6 N–H and O–H groups in total. The highest BCUT2D eigenvalue weighted by Gasteiger charge is 2.51. The highest BCUT2D eigenvalue weighted by molar-refractivity contribution is 5.73. The molecule has 0 aromatic carbocycles. The number of ether oxygens (including phenoxy) is 4. The molecule has 0 saturated carbocycles. The predicted octanol–water partition coefficient (Wildman–Crippen LogP) is -3.14. The van der Waals surface area contributed by atoms with Crippen LogP contribution in [0.4, 0.5) is 0 Å². The fourth-order valence-electron chi connectivity index (χ4n) is 4.42. The minimum absolute atomic E-state index is 0.0356. The summed E-state index contributed by atoms with van der Waals surface area (Å²) in [7, 11) is 2.71. The van der Waals surface area contributed by atoms with E-state index in [4.69, 9.17) is 18.9 Å². The normalized spacial score (nSPS) is 40.9. The molecule has 0 aromatic heterocycles. The first-order chi connectivity index (χ1) is 14.7. The Labute approximate surface area is 180 Å². The summed E-state index contributed by atoms with van der Waals surface area (Å²) in [5.41, 5.74) is 0. The monoisotopic (exact) mass is 450 g/mol. The lowest BCUT2D eigenvalue weighted by Gasteiger charge is -2.48. The Kier molecular flexibility index (Phi) is 9.58. The van der Waals surface area contributed by atoms with E-state index in [9.17, 15) is 30.0 Å². The number of nitrogens with one attached hydrogen (secondary N) is 2. The molecule has 0 aliphatic carbocycles. The second kappa shape index (κ2) is 11.5. The first kappa shape index (κ1) is 25.9. The van der Waals surface area contributed by atoms with E-state index in [2.05, 4.69) is 10.6 Å². The Morgan fingerprint density at radius 1 is 0.839 bits per heavy atom. The summed E-state index contributed by atoms with van der Waals surface area (Å²) in [4.78, 5) is 23.3. The molecule has 0 radical (unpaired) electrons. The molecule has 2 fully saturated rings. The maximum atomic E-state index is 11.7. The lowest BCUT2D eigenvalue weighted by Crippen LogP contribution is -2.67. The fourth-order valence-corrected chi connectivity index (χ4v) is 4.42. The first-order valence-corrected chi connectivity index (χ1v) is 10.2. The molecule has 4 unspecified atom stereocenters. The van der Waals surface area contributed by atoms with Crippen LogP contribution >= 0.6 is 0 Å². The van der Waals surface area contributed by atoms with E-state index in [-0.39, 0.29) is 6.42 Å². The van der Waals surface area contributed by atoms with E-state index < -0.39 is 85.9 Å². The Bertz CT molecular complexity index is 608. The van der Waals surface area contributed by atoms with Gasteiger partial charge in [-0.1, -0.05) is 0 Å². The number of carbonyl (C=O) groups excluding carboxylic acids is 2. The molecule has 0 bridgehead atoms. The molecule has 2 rings (SSSR count). The fraction of sp³-hybridized carbons (Fsp3) is 0.895. The number of aliphatic hydroxyl groups is 4. The minimum Gasteiger partial charge on any atom is -0.394 e. The van der Waals surface area contributed by atoms with Crippen LogP contribution in [-0.2, 0) is 28.5 Å². The quantitative estimate of drug-likeness (QED) is 0.222. The summed E-state index contributed by atoms with van der Waals surface area (Å²) in [5.74, 6) is -1.57. The van der Waals surface area contributed by atoms with E-state index >= 15 is 0 Å². The zero-order chi connectivity index (χ0) is 23.3. The predicted molar refractivity (Wildman–Crippen MR) is 105 cm³/mol. The van der Waals surface area contributed by atoms with Gasteiger partial charge in [0.05, 0.1) is 37.6 Å². The summed E-state index contributed by atoms with van der Waals surface area (Å²) < 4.78 is 22.1. The largest absolute Gasteiger partial charge is 0.394 e. The molecule has 2 saturated heterocycles. The van der Waals surface area contributed by atoms with Gasteiger partial charge < -0.3 is 50.0 Å². The van der Waals surface area contributed by atoms with Crippen molar-refractivity contribution in [2.45, 2.75) is 75.3 Å². The molecule has 12 heteroatoms. The molecule has 0 spiro atoms. The zero-order valence-corrected chi connectivity index (χ0v) is 18.1. The van der Waals surface area contributed by atoms with E-state index in [0.29, 0.717) is 0 Å². The molecule has 2 aliphatic heterocycles. The van der Waals surface area contributed by atoms with E-state index in [1.54, 1.807) is 0 Å². The van der Waals surface area contributed by atoms with Gasteiger partial charge in [0.25, 0.3) is 0 Å². The van der Waals surface area contributed by atoms with E-state index in [1.807, 2.05) is 0 Å². The lowest BCUT2D eigenvalue weighted by atomic mass is 9.80. The molecule has 2 heterocycles. The van der Waals surface area contributed by atoms with Crippen molar-refractivity contribution in [3.05, 3.63) is 0 Å². The Morgan fingerprint density at radius 3 is 1.90 bits per heavy atom. The molecular formula is C19H34N2O10. The average Bonchev–Trinajstić information content (AvgIpc) is 2.72. The van der Waals surface area contributed by atoms with Crippen LogP contribution in [0, 0.1) is 5.92 Å². The zero-order valence-electron chi connectivity index (χ0n) is 18.1. The first-order valence-electron chi connectivity index (χ1n) is 10.2. The molecular weight excluding hydrogens is 416 g/mol. The van der Waals surface area contributed by atoms with Gasteiger partial charge in [-0.3, -0.25) is 9.59 Å². The van der Waals surface area contributed by atoms with Crippen LogP contribution in [0.1, 0.15) is 20.3 Å². The second-order valence-corrected chi connectivity index (χ2v) is 7.89. The summed E-state index contributed by atoms with van der Waals surface area (Å²) in [6, 6.07) is -1.82. The van der Waals surface area contributed by atoms with Crippen LogP contribution in [0.5, 0.6) is 0 Å². The van der Waals surface area contributed by atoms with Crippen molar-refractivity contribution in [3.8, 4) is 0 Å². The van der Waals surface area contributed by atoms with Crippen molar-refractivity contribution < 1.29 is 49.0 Å². The van der Waals surface area contributed by atoms with Crippen molar-refractivity contribution >= 4 is 11.8 Å². The summed E-state index contributed by atoms with van der Waals surface area (Å²) in [6.07, 6.45) is -6.81. The Morgan fingerprint density at radius 2 is 1.42 bits per heavy atom. The third-order valence-electron chi connectivity index (χ3n) is 5.82. The van der Waals surface area contributed by atoms with Gasteiger partial charge in [0.1, 0.15) is 24.4 Å². The number of aliphatic hydroxyl groups excluding tert-OH is 4. The third kappa shape index (κ3) is 5.90. The standard InChI is InChI=1S/C19H34N2O10/c1-8(24)20-14-11(30-13(7-23)18(28-3)17(14)27)5-10-12(6-22)31-19(29-4)15(16(10)26)21-9(2)25/h10-19,22-23,26-27H,5-7H2,1-4H3,(H,20,24)(H,21,25)/t10-,11+,12?,13?,14?,15?,16+,17+,18-,19+/m0/s1. The van der Waals surface area contributed by atoms with Crippen LogP contribution in [0.25, 0.3) is 0 Å². The topological polar surface area (TPSA) is 176 Å². The van der Waals surface area contributed by atoms with Crippen molar-refractivity contribution in [3.63, 3.8) is 0 Å². The van der Waals surface area contributed by atoms with Gasteiger partial charge in [0.2, 0.25) is 11.8 Å². The SMILES string of the molecule is CO[C@@H]1OC(CO)[C@H](C[C@H]2OC(CO)[C@H](OC)[C@H](O)C2NC(C)=O)[C@@H](O)C1NC(C)=O. The van der Waals surface area contributed by atoms with Crippen LogP contribution < -0.4 is 10.6 Å². The smallest absolute Gasteiger partial charge is 0.217 e. The second-order valence-electron chi connectivity index (χ2n) is 7.89. The average molecular weight is 450 g/mol. The lowest BCUT2D eigenvalue weighted by molar-refractivity contribution is -0.260. The van der Waals surface area contributed by atoms with Crippen LogP contribution in [0.15, 0.2) is 0 Å². The summed E-state index contributed by atoms with van der Waals surface area (Å²) in [5, 5.41) is 46.5. The summed E-state index contributed by atoms with van der Waals surface area (Å²) in [6.45, 7) is 1.69. The third-order valence-corrected chi connectivity index (χ3v) is 5.82. The molecule has 31 heavy (non-hydrogen) atoms. The van der Waals surface area contributed by atoms with Gasteiger partial charge in [-0.15, -0.1) is 0 Å². The Hall–Kier alpha value is -1.38. The number of hydrogen-bond acceptors (Lipinski definition) is 10. The molecule has 10 atom stereocenters. The van der Waals surface area contributed by atoms with Gasteiger partial charge in [0.15, 0.2) is 6.29 Å².